The summed E-state index contributed by atoms with van der Waals surface area (Å²) in [5, 5.41) is 13.5. The van der Waals surface area contributed by atoms with Gasteiger partial charge in [-0.25, -0.2) is 9.07 Å². The number of rotatable bonds is 5. The Morgan fingerprint density at radius 3 is 2.84 bits per heavy atom. The number of carboxylic acids is 1. The van der Waals surface area contributed by atoms with Gasteiger partial charge in [-0.2, -0.15) is 5.10 Å². The van der Waals surface area contributed by atoms with E-state index in [1.165, 1.54) is 17.0 Å². The summed E-state index contributed by atoms with van der Waals surface area (Å²) < 4.78 is 15.2. The first-order valence-electron chi connectivity index (χ1n) is 8.23. The number of benzene rings is 1. The van der Waals surface area contributed by atoms with E-state index in [-0.39, 0.29) is 18.3 Å². The van der Waals surface area contributed by atoms with Gasteiger partial charge in [0.2, 0.25) is 0 Å². The smallest absolute Gasteiger partial charge is 0.308 e. The molecule has 132 valence electrons. The maximum Gasteiger partial charge on any atom is 0.308 e. The van der Waals surface area contributed by atoms with Crippen LogP contribution in [-0.2, 0) is 17.6 Å². The van der Waals surface area contributed by atoms with Gasteiger partial charge in [0.25, 0.3) is 5.91 Å². The minimum atomic E-state index is -0.949. The number of aliphatic carboxylic acids is 1. The van der Waals surface area contributed by atoms with E-state index in [0.717, 1.165) is 30.5 Å². The molecule has 25 heavy (non-hydrogen) atoms. The molecule has 2 aromatic rings. The Bertz CT molecular complexity index is 831. The molecule has 0 fully saturated rings. The van der Waals surface area contributed by atoms with Crippen molar-refractivity contribution >= 4 is 11.9 Å². The Hall–Kier alpha value is -2.70. The molecule has 1 amide bonds. The molecule has 1 aromatic carbocycles. The van der Waals surface area contributed by atoms with Crippen LogP contribution in [0.3, 0.4) is 0 Å². The van der Waals surface area contributed by atoms with E-state index < -0.39 is 11.9 Å². The second kappa shape index (κ2) is 6.66. The zero-order valence-electron chi connectivity index (χ0n) is 14.2. The average Bonchev–Trinajstić information content (AvgIpc) is 3.16. The van der Waals surface area contributed by atoms with Crippen LogP contribution < -0.4 is 0 Å². The summed E-state index contributed by atoms with van der Waals surface area (Å²) in [6.07, 6.45) is 2.44. The second-order valence-corrected chi connectivity index (χ2v) is 6.44. The predicted molar refractivity (Wildman–Crippen MR) is 89.3 cm³/mol. The molecule has 0 saturated carbocycles. The Morgan fingerprint density at radius 2 is 2.16 bits per heavy atom. The number of carboxylic acid groups (broad SMARTS) is 1. The average molecular weight is 345 g/mol. The molecule has 1 unspecified atom stereocenters. The van der Waals surface area contributed by atoms with E-state index >= 15 is 0 Å². The SMILES string of the molecule is CC(CN(C)C(=O)c1nn(-c2cccc(F)c2)c2c1CCC2)C(=O)O. The summed E-state index contributed by atoms with van der Waals surface area (Å²) in [5.74, 6) is -2.27. The lowest BCUT2D eigenvalue weighted by molar-refractivity contribution is -0.141. The molecule has 0 radical (unpaired) electrons. The minimum Gasteiger partial charge on any atom is -0.481 e. The van der Waals surface area contributed by atoms with Crippen LogP contribution in [0.25, 0.3) is 5.69 Å². The summed E-state index contributed by atoms with van der Waals surface area (Å²) >= 11 is 0. The lowest BCUT2D eigenvalue weighted by Crippen LogP contribution is -2.34. The molecule has 0 aliphatic heterocycles. The Kier molecular flexibility index (Phi) is 4.57. The molecular weight excluding hydrogens is 325 g/mol. The van der Waals surface area contributed by atoms with Crippen molar-refractivity contribution in [3.8, 4) is 5.69 Å². The highest BCUT2D eigenvalue weighted by Gasteiger charge is 2.29. The van der Waals surface area contributed by atoms with E-state index in [2.05, 4.69) is 5.10 Å². The number of carbonyl (C=O) groups excluding carboxylic acids is 1. The van der Waals surface area contributed by atoms with Crippen LogP contribution in [-0.4, -0.2) is 45.3 Å². The normalized spacial score (nSPS) is 14.2. The first-order valence-corrected chi connectivity index (χ1v) is 8.23. The highest BCUT2D eigenvalue weighted by Crippen LogP contribution is 2.28. The van der Waals surface area contributed by atoms with Crippen LogP contribution in [0.5, 0.6) is 0 Å². The van der Waals surface area contributed by atoms with Gasteiger partial charge in [0.1, 0.15) is 5.82 Å². The fraction of sp³-hybridized carbons (Fsp3) is 0.389. The van der Waals surface area contributed by atoms with E-state index in [1.54, 1.807) is 30.8 Å². The van der Waals surface area contributed by atoms with Crippen LogP contribution in [0.4, 0.5) is 4.39 Å². The lowest BCUT2D eigenvalue weighted by Gasteiger charge is -2.18. The van der Waals surface area contributed by atoms with Crippen molar-refractivity contribution in [1.29, 1.82) is 0 Å². The molecule has 0 bridgehead atoms. The predicted octanol–water partition coefficient (Wildman–Crippen LogP) is 2.29. The molecule has 0 saturated heterocycles. The number of hydrogen-bond acceptors (Lipinski definition) is 3. The van der Waals surface area contributed by atoms with Crippen LogP contribution in [0.2, 0.25) is 0 Å². The summed E-state index contributed by atoms with van der Waals surface area (Å²) in [6, 6.07) is 6.10. The molecule has 7 heteroatoms. The van der Waals surface area contributed by atoms with Crippen molar-refractivity contribution in [2.45, 2.75) is 26.2 Å². The van der Waals surface area contributed by atoms with Gasteiger partial charge in [0, 0.05) is 24.8 Å². The van der Waals surface area contributed by atoms with Gasteiger partial charge in [0.15, 0.2) is 5.69 Å². The third-order valence-corrected chi connectivity index (χ3v) is 4.50. The molecule has 3 rings (SSSR count). The van der Waals surface area contributed by atoms with Crippen LogP contribution in [0.1, 0.15) is 35.1 Å². The first-order chi connectivity index (χ1) is 11.9. The fourth-order valence-corrected chi connectivity index (χ4v) is 3.18. The van der Waals surface area contributed by atoms with E-state index in [9.17, 15) is 14.0 Å². The van der Waals surface area contributed by atoms with Gasteiger partial charge in [0.05, 0.1) is 11.6 Å². The topological polar surface area (TPSA) is 75.4 Å². The van der Waals surface area contributed by atoms with Gasteiger partial charge in [-0.05, 0) is 37.5 Å². The molecule has 0 spiro atoms. The first kappa shape index (κ1) is 17.1. The third kappa shape index (κ3) is 3.26. The number of fused-ring (bicyclic) bond motifs is 1. The largest absolute Gasteiger partial charge is 0.481 e. The van der Waals surface area contributed by atoms with Crippen LogP contribution >= 0.6 is 0 Å². The molecule has 1 heterocycles. The molecular formula is C18H20FN3O3. The Morgan fingerprint density at radius 1 is 1.40 bits per heavy atom. The summed E-state index contributed by atoms with van der Waals surface area (Å²) in [6.45, 7) is 1.66. The minimum absolute atomic E-state index is 0.107. The number of amides is 1. The fourth-order valence-electron chi connectivity index (χ4n) is 3.18. The van der Waals surface area contributed by atoms with Gasteiger partial charge in [-0.15, -0.1) is 0 Å². The number of nitrogens with zero attached hydrogens (tertiary/aromatic N) is 3. The van der Waals surface area contributed by atoms with Gasteiger partial charge < -0.3 is 10.0 Å². The summed E-state index contributed by atoms with van der Waals surface area (Å²) in [5.41, 5.74) is 2.72. The standard InChI is InChI=1S/C18H20FN3O3/c1-11(18(24)25)10-21(2)17(23)16-14-7-4-8-15(14)22(20-16)13-6-3-5-12(19)9-13/h3,5-6,9,11H,4,7-8,10H2,1-2H3,(H,24,25). The number of hydrogen-bond donors (Lipinski definition) is 1. The number of aromatic nitrogens is 2. The van der Waals surface area contributed by atoms with E-state index in [4.69, 9.17) is 5.11 Å². The van der Waals surface area contributed by atoms with Crippen molar-refractivity contribution in [3.05, 3.63) is 47.0 Å². The van der Waals surface area contributed by atoms with E-state index in [1.807, 2.05) is 0 Å². The van der Waals surface area contributed by atoms with Crippen molar-refractivity contribution < 1.29 is 19.1 Å². The third-order valence-electron chi connectivity index (χ3n) is 4.50. The molecule has 1 aromatic heterocycles. The van der Waals surface area contributed by atoms with Crippen LogP contribution in [0, 0.1) is 11.7 Å². The molecule has 1 aliphatic rings. The molecule has 6 nitrogen and oxygen atoms in total. The van der Waals surface area contributed by atoms with Gasteiger partial charge >= 0.3 is 5.97 Å². The van der Waals surface area contributed by atoms with Crippen molar-refractivity contribution in [2.24, 2.45) is 5.92 Å². The molecule has 1 N–H and O–H groups in total. The van der Waals surface area contributed by atoms with Gasteiger partial charge in [-0.3, -0.25) is 9.59 Å². The molecule has 1 atom stereocenters. The monoisotopic (exact) mass is 345 g/mol. The number of carbonyl (C=O) groups is 2. The quantitative estimate of drug-likeness (QED) is 0.902. The lowest BCUT2D eigenvalue weighted by atomic mass is 10.1. The van der Waals surface area contributed by atoms with Gasteiger partial charge in [-0.1, -0.05) is 13.0 Å². The summed E-state index contributed by atoms with van der Waals surface area (Å²) in [4.78, 5) is 25.2. The maximum absolute atomic E-state index is 13.5. The van der Waals surface area contributed by atoms with Crippen molar-refractivity contribution in [3.63, 3.8) is 0 Å². The highest BCUT2D eigenvalue weighted by molar-refractivity contribution is 5.94. The van der Waals surface area contributed by atoms with Crippen molar-refractivity contribution in [2.75, 3.05) is 13.6 Å². The van der Waals surface area contributed by atoms with Crippen LogP contribution in [0.15, 0.2) is 24.3 Å². The number of halogens is 1. The zero-order chi connectivity index (χ0) is 18.1. The second-order valence-electron chi connectivity index (χ2n) is 6.44. The Balaban J connectivity index is 1.94. The van der Waals surface area contributed by atoms with E-state index in [0.29, 0.717) is 11.4 Å². The summed E-state index contributed by atoms with van der Waals surface area (Å²) in [7, 11) is 1.57. The maximum atomic E-state index is 13.5. The Labute approximate surface area is 144 Å². The zero-order valence-corrected chi connectivity index (χ0v) is 14.2. The van der Waals surface area contributed by atoms with Crippen molar-refractivity contribution in [1.82, 2.24) is 14.7 Å². The highest BCUT2D eigenvalue weighted by atomic mass is 19.1. The molecule has 1 aliphatic carbocycles.